The van der Waals surface area contributed by atoms with Crippen LogP contribution in [0.1, 0.15) is 55.4 Å². The van der Waals surface area contributed by atoms with E-state index in [9.17, 15) is 4.79 Å². The molecule has 0 aliphatic rings. The summed E-state index contributed by atoms with van der Waals surface area (Å²) >= 11 is 0. The molecule has 0 aromatic heterocycles. The molecule has 5 nitrogen and oxygen atoms in total. The van der Waals surface area contributed by atoms with E-state index in [0.717, 1.165) is 0 Å². The van der Waals surface area contributed by atoms with Crippen molar-refractivity contribution in [1.29, 1.82) is 0 Å². The molecule has 0 aromatic rings. The van der Waals surface area contributed by atoms with Crippen molar-refractivity contribution in [3.05, 3.63) is 0 Å². The molecule has 0 radical (unpaired) electrons. The maximum absolute atomic E-state index is 11.3. The van der Waals surface area contributed by atoms with Crippen LogP contribution in [-0.4, -0.2) is 38.7 Å². The van der Waals surface area contributed by atoms with Crippen LogP contribution >= 0.6 is 0 Å². The molecule has 0 fully saturated rings. The summed E-state index contributed by atoms with van der Waals surface area (Å²) in [7, 11) is -2.98. The minimum Gasteiger partial charge on any atom is -0.370 e. The fraction of sp³-hybridized carbons (Fsp3) is 0.923. The van der Waals surface area contributed by atoms with E-state index in [0.29, 0.717) is 0 Å². The van der Waals surface area contributed by atoms with Crippen molar-refractivity contribution < 1.29 is 18.1 Å². The molecule has 1 amide bonds. The average molecular weight is 291 g/mol. The van der Waals surface area contributed by atoms with Crippen molar-refractivity contribution in [2.45, 2.75) is 79.4 Å². The Bertz CT molecular complexity index is 255. The van der Waals surface area contributed by atoms with E-state index in [1.165, 1.54) is 6.92 Å². The highest BCUT2D eigenvalue weighted by molar-refractivity contribution is 6.62. The molecule has 114 valence electrons. The molecule has 0 spiro atoms. The molecule has 0 rings (SSSR count). The summed E-state index contributed by atoms with van der Waals surface area (Å²) < 4.78 is 18.0. The Morgan fingerprint density at radius 3 is 1.37 bits per heavy atom. The van der Waals surface area contributed by atoms with E-state index in [2.05, 4.69) is 5.32 Å². The Morgan fingerprint density at radius 2 is 1.16 bits per heavy atom. The van der Waals surface area contributed by atoms with E-state index in [4.69, 9.17) is 13.3 Å². The molecule has 0 bridgehead atoms. The normalized spacial score (nSPS) is 14.3. The summed E-state index contributed by atoms with van der Waals surface area (Å²) in [5, 5.41) is 2.85. The van der Waals surface area contributed by atoms with Crippen LogP contribution in [0.3, 0.4) is 0 Å². The molecule has 0 aromatic carbocycles. The lowest BCUT2D eigenvalue weighted by atomic mass is 10.5. The van der Waals surface area contributed by atoms with Gasteiger partial charge in [0.1, 0.15) is 0 Å². The van der Waals surface area contributed by atoms with Crippen LogP contribution in [0.2, 0.25) is 0 Å². The number of hydrogen-bond acceptors (Lipinski definition) is 4. The minimum atomic E-state index is -2.98. The lowest BCUT2D eigenvalue weighted by Crippen LogP contribution is -2.64. The minimum absolute atomic E-state index is 0.0274. The van der Waals surface area contributed by atoms with Crippen molar-refractivity contribution in [2.24, 2.45) is 0 Å². The Balaban J connectivity index is 5.24. The molecule has 0 aliphatic carbocycles. The van der Waals surface area contributed by atoms with Gasteiger partial charge < -0.3 is 18.6 Å². The highest BCUT2D eigenvalue weighted by Crippen LogP contribution is 2.21. The zero-order valence-electron chi connectivity index (χ0n) is 13.4. The first-order valence-electron chi connectivity index (χ1n) is 6.89. The van der Waals surface area contributed by atoms with Crippen LogP contribution in [0.25, 0.3) is 0 Å². The molecule has 1 unspecified atom stereocenters. The first-order valence-corrected chi connectivity index (χ1v) is 8.69. The quantitative estimate of drug-likeness (QED) is 0.697. The first-order chi connectivity index (χ1) is 8.59. The molecule has 0 saturated carbocycles. The van der Waals surface area contributed by atoms with Gasteiger partial charge in [-0.3, -0.25) is 4.79 Å². The van der Waals surface area contributed by atoms with Crippen molar-refractivity contribution in [1.82, 2.24) is 5.32 Å². The summed E-state index contributed by atoms with van der Waals surface area (Å²) in [5.74, 6) is -0.114. The Hall–Kier alpha value is -0.433. The van der Waals surface area contributed by atoms with E-state index in [-0.39, 0.29) is 29.9 Å². The van der Waals surface area contributed by atoms with Crippen LogP contribution in [0.5, 0.6) is 0 Å². The van der Waals surface area contributed by atoms with Gasteiger partial charge in [0.25, 0.3) is 0 Å². The van der Waals surface area contributed by atoms with Crippen LogP contribution in [0, 0.1) is 0 Å². The van der Waals surface area contributed by atoms with Gasteiger partial charge in [0.05, 0.1) is 5.67 Å². The lowest BCUT2D eigenvalue weighted by Gasteiger charge is -2.38. The molecule has 6 heteroatoms. The molecule has 19 heavy (non-hydrogen) atoms. The number of nitrogens with one attached hydrogen (secondary N) is 1. The summed E-state index contributed by atoms with van der Waals surface area (Å²) in [5.41, 5.74) is -0.280. The standard InChI is InChI=1S/C13H29NO4Si/c1-9(2)16-19(17-10(3)4,18-11(5)6)13(8)14-12(7)15/h9-11,13H,1-8H3,(H,14,15). The number of carbonyl (C=O) groups is 1. The van der Waals surface area contributed by atoms with E-state index >= 15 is 0 Å². The molecule has 0 heterocycles. The van der Waals surface area contributed by atoms with Gasteiger partial charge >= 0.3 is 8.80 Å². The molecular formula is C13H29NO4Si. The molecule has 0 aliphatic heterocycles. The largest absolute Gasteiger partial charge is 0.524 e. The highest BCUT2D eigenvalue weighted by Gasteiger charge is 2.50. The van der Waals surface area contributed by atoms with Crippen LogP contribution < -0.4 is 5.32 Å². The zero-order chi connectivity index (χ0) is 15.2. The summed E-state index contributed by atoms with van der Waals surface area (Å²) in [4.78, 5) is 11.3. The average Bonchev–Trinajstić information content (AvgIpc) is 2.12. The fourth-order valence-electron chi connectivity index (χ4n) is 1.77. The Morgan fingerprint density at radius 1 is 0.842 bits per heavy atom. The third kappa shape index (κ3) is 7.05. The van der Waals surface area contributed by atoms with Gasteiger partial charge in [-0.2, -0.15) is 0 Å². The van der Waals surface area contributed by atoms with Gasteiger partial charge in [-0.25, -0.2) is 0 Å². The van der Waals surface area contributed by atoms with Gasteiger partial charge in [0, 0.05) is 25.2 Å². The topological polar surface area (TPSA) is 56.8 Å². The van der Waals surface area contributed by atoms with Crippen molar-refractivity contribution >= 4 is 14.7 Å². The van der Waals surface area contributed by atoms with Crippen LogP contribution in [0.4, 0.5) is 0 Å². The van der Waals surface area contributed by atoms with Gasteiger partial charge in [-0.1, -0.05) is 0 Å². The second kappa shape index (κ2) is 7.99. The molecular weight excluding hydrogens is 262 g/mol. The van der Waals surface area contributed by atoms with E-state index in [1.54, 1.807) is 0 Å². The maximum Gasteiger partial charge on any atom is 0.524 e. The third-order valence-corrected chi connectivity index (χ3v) is 5.75. The molecule has 1 atom stereocenters. The maximum atomic E-state index is 11.3. The number of amides is 1. The third-order valence-electron chi connectivity index (χ3n) is 2.15. The first kappa shape index (κ1) is 18.6. The SMILES string of the molecule is CC(=O)NC(C)[Si](OC(C)C)(OC(C)C)OC(C)C. The summed E-state index contributed by atoms with van der Waals surface area (Å²) in [6.45, 7) is 15.0. The van der Waals surface area contributed by atoms with Crippen LogP contribution in [0.15, 0.2) is 0 Å². The second-order valence-corrected chi connectivity index (χ2v) is 8.31. The van der Waals surface area contributed by atoms with Crippen LogP contribution in [-0.2, 0) is 18.1 Å². The Kier molecular flexibility index (Phi) is 7.81. The molecule has 0 saturated heterocycles. The molecule has 1 N–H and O–H groups in total. The fourth-order valence-corrected chi connectivity index (χ4v) is 4.90. The van der Waals surface area contributed by atoms with E-state index in [1.807, 2.05) is 48.5 Å². The van der Waals surface area contributed by atoms with Gasteiger partial charge in [0.15, 0.2) is 0 Å². The van der Waals surface area contributed by atoms with Gasteiger partial charge in [-0.05, 0) is 48.5 Å². The van der Waals surface area contributed by atoms with E-state index < -0.39 is 8.80 Å². The summed E-state index contributed by atoms with van der Waals surface area (Å²) in [6.07, 6.45) is -0.0823. The summed E-state index contributed by atoms with van der Waals surface area (Å²) in [6, 6.07) is 0. The number of rotatable bonds is 8. The number of hydrogen-bond donors (Lipinski definition) is 1. The zero-order valence-corrected chi connectivity index (χ0v) is 14.4. The van der Waals surface area contributed by atoms with Gasteiger partial charge in [-0.15, -0.1) is 0 Å². The second-order valence-electron chi connectivity index (χ2n) is 5.53. The monoisotopic (exact) mass is 291 g/mol. The predicted octanol–water partition coefficient (Wildman–Crippen LogP) is 2.26. The van der Waals surface area contributed by atoms with Gasteiger partial charge in [0.2, 0.25) is 5.91 Å². The van der Waals surface area contributed by atoms with Crippen molar-refractivity contribution in [3.63, 3.8) is 0 Å². The number of carbonyl (C=O) groups excluding carboxylic acids is 1. The Labute approximate surface area is 118 Å². The smallest absolute Gasteiger partial charge is 0.370 e. The van der Waals surface area contributed by atoms with Crippen molar-refractivity contribution in [3.8, 4) is 0 Å². The van der Waals surface area contributed by atoms with Crippen molar-refractivity contribution in [2.75, 3.05) is 0 Å². The predicted molar refractivity (Wildman–Crippen MR) is 77.7 cm³/mol. The lowest BCUT2D eigenvalue weighted by molar-refractivity contribution is -0.120. The highest BCUT2D eigenvalue weighted by atomic mass is 28.4.